The van der Waals surface area contributed by atoms with Gasteiger partial charge in [0.2, 0.25) is 0 Å². The molecule has 0 unspecified atom stereocenters. The summed E-state index contributed by atoms with van der Waals surface area (Å²) in [6, 6.07) is 14.3. The third-order valence-electron chi connectivity index (χ3n) is 3.94. The molecule has 0 spiro atoms. The van der Waals surface area contributed by atoms with Gasteiger partial charge < -0.3 is 13.9 Å². The molecule has 0 bridgehead atoms. The van der Waals surface area contributed by atoms with Crippen molar-refractivity contribution in [3.8, 4) is 11.5 Å². The highest BCUT2D eigenvalue weighted by molar-refractivity contribution is 6.24. The van der Waals surface area contributed by atoms with E-state index in [9.17, 15) is 0 Å². The molecule has 0 aliphatic carbocycles. The number of fused-ring (bicyclic) bond motifs is 6. The first-order valence-electron chi connectivity index (χ1n) is 6.77. The van der Waals surface area contributed by atoms with Crippen LogP contribution in [0.25, 0.3) is 32.5 Å². The molecule has 1 aromatic heterocycles. The molecule has 4 aromatic rings. The zero-order valence-corrected chi connectivity index (χ0v) is 11.8. The molecule has 0 radical (unpaired) electrons. The molecule has 1 heterocycles. The first-order valence-corrected chi connectivity index (χ1v) is 6.77. The summed E-state index contributed by atoms with van der Waals surface area (Å²) in [5, 5.41) is 5.62. The molecule has 104 valence electrons. The first-order chi connectivity index (χ1) is 10.3. The van der Waals surface area contributed by atoms with E-state index in [1.807, 2.05) is 30.3 Å². The van der Waals surface area contributed by atoms with Crippen LogP contribution in [0.4, 0.5) is 0 Å². The van der Waals surface area contributed by atoms with Crippen LogP contribution < -0.4 is 9.47 Å². The third-order valence-corrected chi connectivity index (χ3v) is 3.94. The van der Waals surface area contributed by atoms with Gasteiger partial charge >= 0.3 is 0 Å². The summed E-state index contributed by atoms with van der Waals surface area (Å²) in [6.45, 7) is 0. The van der Waals surface area contributed by atoms with Crippen molar-refractivity contribution in [3.05, 3.63) is 48.7 Å². The Hall–Kier alpha value is -2.68. The lowest BCUT2D eigenvalue weighted by atomic mass is 9.98. The molecule has 21 heavy (non-hydrogen) atoms. The van der Waals surface area contributed by atoms with E-state index in [0.29, 0.717) is 5.75 Å². The maximum atomic E-state index is 5.72. The number of hydrogen-bond acceptors (Lipinski definition) is 3. The van der Waals surface area contributed by atoms with Crippen LogP contribution in [0.1, 0.15) is 0 Å². The van der Waals surface area contributed by atoms with Gasteiger partial charge in [0, 0.05) is 10.8 Å². The normalized spacial score (nSPS) is 11.3. The predicted octanol–water partition coefficient (Wildman–Crippen LogP) is 4.76. The number of rotatable bonds is 2. The van der Waals surface area contributed by atoms with Crippen LogP contribution >= 0.6 is 0 Å². The minimum absolute atomic E-state index is 0.706. The second kappa shape index (κ2) is 4.42. The van der Waals surface area contributed by atoms with Gasteiger partial charge in [-0.1, -0.05) is 24.3 Å². The van der Waals surface area contributed by atoms with E-state index in [0.717, 1.165) is 27.5 Å². The van der Waals surface area contributed by atoms with Gasteiger partial charge in [0.05, 0.1) is 20.5 Å². The first kappa shape index (κ1) is 12.1. The lowest BCUT2D eigenvalue weighted by molar-refractivity contribution is 0.356. The fraction of sp³-hybridized carbons (Fsp3) is 0.111. The van der Waals surface area contributed by atoms with Gasteiger partial charge in [-0.15, -0.1) is 0 Å². The van der Waals surface area contributed by atoms with Gasteiger partial charge in [0.15, 0.2) is 11.5 Å². The molecule has 3 heteroatoms. The molecular formula is C18H14O3. The highest BCUT2D eigenvalue weighted by Gasteiger charge is 2.14. The van der Waals surface area contributed by atoms with Crippen molar-refractivity contribution >= 4 is 32.5 Å². The number of hydrogen-bond donors (Lipinski definition) is 0. The molecule has 0 fully saturated rings. The van der Waals surface area contributed by atoms with Gasteiger partial charge in [0.25, 0.3) is 0 Å². The van der Waals surface area contributed by atoms with Crippen molar-refractivity contribution in [2.24, 2.45) is 0 Å². The van der Waals surface area contributed by atoms with Crippen LogP contribution in [0.5, 0.6) is 11.5 Å². The number of methoxy groups -OCH3 is 2. The predicted molar refractivity (Wildman–Crippen MR) is 84.3 cm³/mol. The van der Waals surface area contributed by atoms with Crippen molar-refractivity contribution in [1.82, 2.24) is 0 Å². The van der Waals surface area contributed by atoms with Crippen molar-refractivity contribution < 1.29 is 13.9 Å². The van der Waals surface area contributed by atoms with Crippen LogP contribution in [0.2, 0.25) is 0 Å². The molecule has 4 rings (SSSR count). The smallest absolute Gasteiger partial charge is 0.161 e. The van der Waals surface area contributed by atoms with Crippen LogP contribution in [0.15, 0.2) is 53.1 Å². The number of ether oxygens (including phenoxy) is 2. The Kier molecular flexibility index (Phi) is 2.54. The Balaban J connectivity index is 2.30. The van der Waals surface area contributed by atoms with Crippen LogP contribution in [0, 0.1) is 0 Å². The minimum atomic E-state index is 0.706. The monoisotopic (exact) mass is 278 g/mol. The molecule has 0 amide bonds. The van der Waals surface area contributed by atoms with E-state index in [-0.39, 0.29) is 0 Å². The largest absolute Gasteiger partial charge is 0.493 e. The van der Waals surface area contributed by atoms with Crippen molar-refractivity contribution in [2.75, 3.05) is 14.2 Å². The molecule has 0 saturated carbocycles. The summed E-state index contributed by atoms with van der Waals surface area (Å²) < 4.78 is 16.6. The van der Waals surface area contributed by atoms with E-state index < -0.39 is 0 Å². The molecule has 3 aromatic carbocycles. The van der Waals surface area contributed by atoms with Gasteiger partial charge in [-0.3, -0.25) is 0 Å². The lowest BCUT2D eigenvalue weighted by Gasteiger charge is -2.11. The summed E-state index contributed by atoms with van der Waals surface area (Å²) in [7, 11) is 3.29. The summed E-state index contributed by atoms with van der Waals surface area (Å²) in [4.78, 5) is 0. The van der Waals surface area contributed by atoms with Crippen LogP contribution in [-0.2, 0) is 0 Å². The highest BCUT2D eigenvalue weighted by Crippen LogP contribution is 2.40. The Morgan fingerprint density at radius 2 is 1.33 bits per heavy atom. The van der Waals surface area contributed by atoms with Crippen molar-refractivity contribution in [2.45, 2.75) is 0 Å². The SMILES string of the molecule is COc1cc2c3ccccc3c3ccoc3c2cc1OC. The van der Waals surface area contributed by atoms with Crippen molar-refractivity contribution in [3.63, 3.8) is 0 Å². The second-order valence-electron chi connectivity index (χ2n) is 4.96. The van der Waals surface area contributed by atoms with Crippen LogP contribution in [0.3, 0.4) is 0 Å². The van der Waals surface area contributed by atoms with Gasteiger partial charge in [0.1, 0.15) is 5.58 Å². The van der Waals surface area contributed by atoms with E-state index in [1.165, 1.54) is 10.8 Å². The van der Waals surface area contributed by atoms with Crippen molar-refractivity contribution in [1.29, 1.82) is 0 Å². The molecule has 0 atom stereocenters. The molecular weight excluding hydrogens is 264 g/mol. The Morgan fingerprint density at radius 3 is 2.00 bits per heavy atom. The van der Waals surface area contributed by atoms with Gasteiger partial charge in [-0.05, 0) is 34.4 Å². The zero-order valence-electron chi connectivity index (χ0n) is 11.8. The topological polar surface area (TPSA) is 31.6 Å². The Labute approximate surface area is 121 Å². The fourth-order valence-electron chi connectivity index (χ4n) is 2.97. The third kappa shape index (κ3) is 1.61. The molecule has 3 nitrogen and oxygen atoms in total. The summed E-state index contributed by atoms with van der Waals surface area (Å²) in [5.41, 5.74) is 0.879. The Morgan fingerprint density at radius 1 is 0.714 bits per heavy atom. The molecule has 0 aliphatic rings. The molecule has 0 aliphatic heterocycles. The maximum Gasteiger partial charge on any atom is 0.161 e. The van der Waals surface area contributed by atoms with E-state index in [1.54, 1.807) is 20.5 Å². The van der Waals surface area contributed by atoms with E-state index in [2.05, 4.69) is 12.1 Å². The van der Waals surface area contributed by atoms with E-state index >= 15 is 0 Å². The average molecular weight is 278 g/mol. The van der Waals surface area contributed by atoms with Gasteiger partial charge in [-0.2, -0.15) is 0 Å². The zero-order chi connectivity index (χ0) is 14.4. The van der Waals surface area contributed by atoms with Crippen LogP contribution in [-0.4, -0.2) is 14.2 Å². The highest BCUT2D eigenvalue weighted by atomic mass is 16.5. The lowest BCUT2D eigenvalue weighted by Crippen LogP contribution is -1.91. The Bertz CT molecular complexity index is 966. The van der Waals surface area contributed by atoms with E-state index in [4.69, 9.17) is 13.9 Å². The standard InChI is InChI=1S/C18H14O3/c1-19-16-9-14-12-6-4-3-5-11(12)13-7-8-21-18(13)15(14)10-17(16)20-2/h3-10H,1-2H3. The number of furan rings is 1. The quantitative estimate of drug-likeness (QED) is 0.495. The summed E-state index contributed by atoms with van der Waals surface area (Å²) in [5.74, 6) is 1.43. The maximum absolute atomic E-state index is 5.72. The summed E-state index contributed by atoms with van der Waals surface area (Å²) in [6.07, 6.45) is 1.73. The summed E-state index contributed by atoms with van der Waals surface area (Å²) >= 11 is 0. The fourth-order valence-corrected chi connectivity index (χ4v) is 2.97. The molecule has 0 N–H and O–H groups in total. The molecule has 0 saturated heterocycles. The number of benzene rings is 3. The minimum Gasteiger partial charge on any atom is -0.493 e. The van der Waals surface area contributed by atoms with Gasteiger partial charge in [-0.25, -0.2) is 0 Å². The average Bonchev–Trinajstić information content (AvgIpc) is 3.03. The second-order valence-corrected chi connectivity index (χ2v) is 4.96.